The highest BCUT2D eigenvalue weighted by molar-refractivity contribution is 7.91. The van der Waals surface area contributed by atoms with E-state index in [4.69, 9.17) is 9.47 Å². The van der Waals surface area contributed by atoms with E-state index in [0.29, 0.717) is 30.9 Å². The first-order chi connectivity index (χ1) is 13.4. The molecule has 0 aliphatic carbocycles. The van der Waals surface area contributed by atoms with Crippen molar-refractivity contribution in [1.82, 2.24) is 4.90 Å². The highest BCUT2D eigenvalue weighted by atomic mass is 32.2. The van der Waals surface area contributed by atoms with Crippen LogP contribution in [0, 0.1) is 0 Å². The Balaban J connectivity index is 1.88. The molecule has 0 bridgehead atoms. The van der Waals surface area contributed by atoms with Gasteiger partial charge in [-0.2, -0.15) is 0 Å². The Hall–Kier alpha value is -2.54. The maximum absolute atomic E-state index is 13.3. The second kappa shape index (κ2) is 8.65. The fourth-order valence-corrected chi connectivity index (χ4v) is 5.10. The fraction of sp³-hybridized carbons (Fsp3) is 0.381. The molecule has 1 amide bonds. The van der Waals surface area contributed by atoms with Gasteiger partial charge in [-0.05, 0) is 49.2 Å². The van der Waals surface area contributed by atoms with Crippen LogP contribution in [0.1, 0.15) is 29.3 Å². The molecule has 2 aromatic rings. The number of carbonyl (C=O) groups excluding carboxylic acids is 1. The molecule has 1 atom stereocenters. The number of benzene rings is 2. The van der Waals surface area contributed by atoms with E-state index < -0.39 is 9.84 Å². The Labute approximate surface area is 166 Å². The standard InChI is InChI=1S/C21H25NO5S/c1-3-27-20-6-4-5-17(13-20)21(23)22(18-11-12-28(24,25)15-18)14-16-7-9-19(26-2)10-8-16/h4-10,13,18H,3,11-12,14-15H2,1-2H3. The summed E-state index contributed by atoms with van der Waals surface area (Å²) < 4.78 is 34.7. The summed E-state index contributed by atoms with van der Waals surface area (Å²) in [6.07, 6.45) is 0.454. The number of methoxy groups -OCH3 is 1. The molecule has 0 spiro atoms. The minimum atomic E-state index is -3.11. The lowest BCUT2D eigenvalue weighted by molar-refractivity contribution is 0.0680. The number of hydrogen-bond acceptors (Lipinski definition) is 5. The lowest BCUT2D eigenvalue weighted by Gasteiger charge is -2.29. The van der Waals surface area contributed by atoms with Crippen molar-refractivity contribution in [3.8, 4) is 11.5 Å². The molecule has 7 heteroatoms. The van der Waals surface area contributed by atoms with E-state index in [2.05, 4.69) is 0 Å². The third-order valence-electron chi connectivity index (χ3n) is 4.81. The molecule has 1 saturated heterocycles. The summed E-state index contributed by atoms with van der Waals surface area (Å²) in [5, 5.41) is 0. The lowest BCUT2D eigenvalue weighted by atomic mass is 10.1. The summed E-state index contributed by atoms with van der Waals surface area (Å²) in [7, 11) is -1.52. The molecule has 1 heterocycles. The van der Waals surface area contributed by atoms with Crippen LogP contribution in [0.2, 0.25) is 0 Å². The second-order valence-electron chi connectivity index (χ2n) is 6.80. The maximum atomic E-state index is 13.3. The third kappa shape index (κ3) is 4.84. The number of nitrogens with zero attached hydrogens (tertiary/aromatic N) is 1. The predicted octanol–water partition coefficient (Wildman–Crippen LogP) is 2.92. The van der Waals surface area contributed by atoms with E-state index in [0.717, 1.165) is 11.3 Å². The summed E-state index contributed by atoms with van der Waals surface area (Å²) in [6, 6.07) is 14.1. The molecule has 1 aliphatic rings. The van der Waals surface area contributed by atoms with Crippen molar-refractivity contribution in [3.05, 3.63) is 59.7 Å². The van der Waals surface area contributed by atoms with E-state index >= 15 is 0 Å². The molecule has 1 fully saturated rings. The van der Waals surface area contributed by atoms with Crippen LogP contribution < -0.4 is 9.47 Å². The van der Waals surface area contributed by atoms with Gasteiger partial charge in [-0.3, -0.25) is 4.79 Å². The number of carbonyl (C=O) groups is 1. The zero-order valence-electron chi connectivity index (χ0n) is 16.1. The van der Waals surface area contributed by atoms with E-state index in [1.165, 1.54) is 0 Å². The molecule has 6 nitrogen and oxygen atoms in total. The summed E-state index contributed by atoms with van der Waals surface area (Å²) >= 11 is 0. The highest BCUT2D eigenvalue weighted by Gasteiger charge is 2.35. The number of rotatable bonds is 7. The predicted molar refractivity (Wildman–Crippen MR) is 108 cm³/mol. The highest BCUT2D eigenvalue weighted by Crippen LogP contribution is 2.24. The quantitative estimate of drug-likeness (QED) is 0.711. The van der Waals surface area contributed by atoms with Crippen LogP contribution in [0.5, 0.6) is 11.5 Å². The molecule has 0 saturated carbocycles. The van der Waals surface area contributed by atoms with Crippen molar-refractivity contribution < 1.29 is 22.7 Å². The van der Waals surface area contributed by atoms with Gasteiger partial charge >= 0.3 is 0 Å². The topological polar surface area (TPSA) is 72.9 Å². The molecule has 150 valence electrons. The first-order valence-electron chi connectivity index (χ1n) is 9.29. The first-order valence-corrected chi connectivity index (χ1v) is 11.1. The van der Waals surface area contributed by atoms with Crippen molar-refractivity contribution in [2.75, 3.05) is 25.2 Å². The first kappa shape index (κ1) is 20.2. The van der Waals surface area contributed by atoms with Crippen LogP contribution in [-0.4, -0.2) is 50.5 Å². The summed E-state index contributed by atoms with van der Waals surface area (Å²) in [6.45, 7) is 2.73. The molecule has 1 unspecified atom stereocenters. The Morgan fingerprint density at radius 1 is 1.14 bits per heavy atom. The number of ether oxygens (including phenoxy) is 2. The van der Waals surface area contributed by atoms with Crippen LogP contribution in [0.25, 0.3) is 0 Å². The smallest absolute Gasteiger partial charge is 0.254 e. The molecule has 0 aromatic heterocycles. The maximum Gasteiger partial charge on any atom is 0.254 e. The van der Waals surface area contributed by atoms with Crippen molar-refractivity contribution in [2.45, 2.75) is 25.9 Å². The minimum Gasteiger partial charge on any atom is -0.497 e. The lowest BCUT2D eigenvalue weighted by Crippen LogP contribution is -2.40. The molecule has 0 N–H and O–H groups in total. The SMILES string of the molecule is CCOc1cccc(C(=O)N(Cc2ccc(OC)cc2)C2CCS(=O)(=O)C2)c1. The Morgan fingerprint density at radius 3 is 2.50 bits per heavy atom. The summed E-state index contributed by atoms with van der Waals surface area (Å²) in [5.74, 6) is 1.27. The molecule has 1 aliphatic heterocycles. The Kier molecular flexibility index (Phi) is 6.24. The van der Waals surface area contributed by atoms with Gasteiger partial charge in [0.2, 0.25) is 0 Å². The van der Waals surface area contributed by atoms with E-state index in [9.17, 15) is 13.2 Å². The van der Waals surface area contributed by atoms with Gasteiger partial charge < -0.3 is 14.4 Å². The van der Waals surface area contributed by atoms with Gasteiger partial charge in [0.05, 0.1) is 25.2 Å². The van der Waals surface area contributed by atoms with Gasteiger partial charge in [-0.25, -0.2) is 8.42 Å². The van der Waals surface area contributed by atoms with Crippen LogP contribution in [0.15, 0.2) is 48.5 Å². The van der Waals surface area contributed by atoms with Crippen molar-refractivity contribution >= 4 is 15.7 Å². The van der Waals surface area contributed by atoms with Crippen LogP contribution >= 0.6 is 0 Å². The average Bonchev–Trinajstić information content (AvgIpc) is 3.06. The van der Waals surface area contributed by atoms with Crippen LogP contribution in [0.3, 0.4) is 0 Å². The number of hydrogen-bond donors (Lipinski definition) is 0. The zero-order chi connectivity index (χ0) is 20.1. The largest absolute Gasteiger partial charge is 0.497 e. The van der Waals surface area contributed by atoms with Gasteiger partial charge in [0.25, 0.3) is 5.91 Å². The molecular formula is C21H25NO5S. The molecular weight excluding hydrogens is 378 g/mol. The third-order valence-corrected chi connectivity index (χ3v) is 6.56. The summed E-state index contributed by atoms with van der Waals surface area (Å²) in [4.78, 5) is 14.9. The van der Waals surface area contributed by atoms with Gasteiger partial charge in [0.1, 0.15) is 11.5 Å². The minimum absolute atomic E-state index is 0.0000450. The second-order valence-corrected chi connectivity index (χ2v) is 9.03. The van der Waals surface area contributed by atoms with Gasteiger partial charge in [-0.15, -0.1) is 0 Å². The molecule has 0 radical (unpaired) electrons. The normalized spacial score (nSPS) is 17.9. The molecule has 28 heavy (non-hydrogen) atoms. The van der Waals surface area contributed by atoms with E-state index in [1.807, 2.05) is 31.2 Å². The van der Waals surface area contributed by atoms with E-state index in [-0.39, 0.29) is 23.5 Å². The molecule has 2 aromatic carbocycles. The van der Waals surface area contributed by atoms with Crippen molar-refractivity contribution in [2.24, 2.45) is 0 Å². The monoisotopic (exact) mass is 403 g/mol. The number of sulfone groups is 1. The van der Waals surface area contributed by atoms with E-state index in [1.54, 1.807) is 36.3 Å². The van der Waals surface area contributed by atoms with Gasteiger partial charge in [0, 0.05) is 18.2 Å². The van der Waals surface area contributed by atoms with Gasteiger partial charge in [-0.1, -0.05) is 18.2 Å². The van der Waals surface area contributed by atoms with Crippen LogP contribution in [0.4, 0.5) is 0 Å². The summed E-state index contributed by atoms with van der Waals surface area (Å²) in [5.41, 5.74) is 1.41. The van der Waals surface area contributed by atoms with Gasteiger partial charge in [0.15, 0.2) is 9.84 Å². The molecule has 3 rings (SSSR count). The Morgan fingerprint density at radius 2 is 1.89 bits per heavy atom. The Bertz CT molecular complexity index is 924. The fourth-order valence-electron chi connectivity index (χ4n) is 3.37. The average molecular weight is 404 g/mol. The zero-order valence-corrected chi connectivity index (χ0v) is 16.9. The van der Waals surface area contributed by atoms with Crippen LogP contribution in [-0.2, 0) is 16.4 Å². The van der Waals surface area contributed by atoms with Crippen molar-refractivity contribution in [3.63, 3.8) is 0 Å². The number of amides is 1. The van der Waals surface area contributed by atoms with Crippen molar-refractivity contribution in [1.29, 1.82) is 0 Å².